The molecular weight excluding hydrogens is 390 g/mol. The predicted octanol–water partition coefficient (Wildman–Crippen LogP) is 0.447. The van der Waals surface area contributed by atoms with Crippen LogP contribution in [0.1, 0.15) is 18.3 Å². The quantitative estimate of drug-likeness (QED) is 0.241. The first kappa shape index (κ1) is 22.6. The zero-order valence-electron chi connectivity index (χ0n) is 13.9. The second kappa shape index (κ2) is 12.1. The fourth-order valence-electron chi connectivity index (χ4n) is 1.42. The van der Waals surface area contributed by atoms with Crippen molar-refractivity contribution in [2.45, 2.75) is 6.92 Å². The van der Waals surface area contributed by atoms with Gasteiger partial charge in [-0.05, 0) is 31.2 Å². The number of aromatic nitrogens is 2. The Morgan fingerprint density at radius 3 is 1.80 bits per heavy atom. The molecule has 2 aromatic heterocycles. The number of hydrogen-bond donors (Lipinski definition) is 0. The Bertz CT molecular complexity index is 663. The SMILES string of the molecule is CC(=O)[O-].CN(C)/C([S-])=N/N=C(c1ccccn1)c1ccccn1.[Cu+2]. The molecule has 9 heteroatoms. The standard InChI is InChI=1S/C14H15N5S.C2H4O2.Cu/c1-19(2)14(20)18-17-13(11-7-3-5-9-15-11)12-8-4-6-10-16-12;1-2(3)4;/h3-10H,1-2H3,(H,18,20);1H3,(H,3,4);/q;;+2/p-2. The van der Waals surface area contributed by atoms with Crippen molar-refractivity contribution in [3.05, 3.63) is 60.2 Å². The molecule has 0 fully saturated rings. The van der Waals surface area contributed by atoms with Crippen molar-refractivity contribution in [3.63, 3.8) is 0 Å². The summed E-state index contributed by atoms with van der Waals surface area (Å²) in [5.74, 6) is -1.08. The number of aliphatic carboxylic acids is 1. The van der Waals surface area contributed by atoms with Gasteiger partial charge in [0.1, 0.15) is 5.71 Å². The predicted molar refractivity (Wildman–Crippen MR) is 93.3 cm³/mol. The number of amidine groups is 1. The van der Waals surface area contributed by atoms with Gasteiger partial charge in [-0.15, -0.1) is 5.10 Å². The van der Waals surface area contributed by atoms with E-state index < -0.39 is 5.97 Å². The van der Waals surface area contributed by atoms with Gasteiger partial charge in [0.2, 0.25) is 0 Å². The van der Waals surface area contributed by atoms with Crippen LogP contribution < -0.4 is 5.11 Å². The van der Waals surface area contributed by atoms with Crippen LogP contribution in [0.4, 0.5) is 0 Å². The van der Waals surface area contributed by atoms with Gasteiger partial charge in [-0.2, -0.15) is 5.10 Å². The minimum absolute atomic E-state index is 0. The summed E-state index contributed by atoms with van der Waals surface area (Å²) < 4.78 is 0. The molecule has 25 heavy (non-hydrogen) atoms. The molecule has 0 aliphatic rings. The summed E-state index contributed by atoms with van der Waals surface area (Å²) in [5, 5.41) is 17.5. The molecule has 0 spiro atoms. The summed E-state index contributed by atoms with van der Waals surface area (Å²) >= 11 is 5.11. The van der Waals surface area contributed by atoms with Gasteiger partial charge in [-0.3, -0.25) is 9.97 Å². The molecule has 135 valence electrons. The minimum atomic E-state index is -1.08. The second-order valence-corrected chi connectivity index (χ2v) is 5.01. The molecular formula is C16H17CuN5O2S. The maximum atomic E-state index is 8.89. The fourth-order valence-corrected chi connectivity index (χ4v) is 1.46. The molecule has 0 unspecified atom stereocenters. The van der Waals surface area contributed by atoms with Crippen molar-refractivity contribution in [2.75, 3.05) is 14.1 Å². The van der Waals surface area contributed by atoms with Crippen LogP contribution in [0, 0.1) is 0 Å². The van der Waals surface area contributed by atoms with Crippen LogP contribution in [-0.2, 0) is 34.5 Å². The van der Waals surface area contributed by atoms with Gasteiger partial charge in [-0.25, -0.2) is 0 Å². The third-order valence-corrected chi connectivity index (χ3v) is 2.88. The summed E-state index contributed by atoms with van der Waals surface area (Å²) in [6, 6.07) is 11.2. The Morgan fingerprint density at radius 1 is 1.04 bits per heavy atom. The van der Waals surface area contributed by atoms with E-state index in [0.29, 0.717) is 22.3 Å². The molecule has 2 rings (SSSR count). The van der Waals surface area contributed by atoms with E-state index in [1.165, 1.54) is 0 Å². The summed E-state index contributed by atoms with van der Waals surface area (Å²) in [5.41, 5.74) is 2.00. The van der Waals surface area contributed by atoms with Crippen molar-refractivity contribution in [1.29, 1.82) is 0 Å². The van der Waals surface area contributed by atoms with Crippen molar-refractivity contribution in [2.24, 2.45) is 10.2 Å². The van der Waals surface area contributed by atoms with E-state index in [0.717, 1.165) is 6.92 Å². The summed E-state index contributed by atoms with van der Waals surface area (Å²) in [7, 11) is 3.64. The van der Waals surface area contributed by atoms with Gasteiger partial charge in [-0.1, -0.05) is 12.1 Å². The largest absolute Gasteiger partial charge is 2.00 e. The van der Waals surface area contributed by atoms with E-state index in [4.69, 9.17) is 22.5 Å². The Hall–Kier alpha value is -2.35. The fraction of sp³-hybridized carbons (Fsp3) is 0.188. The monoisotopic (exact) mass is 406 g/mol. The maximum Gasteiger partial charge on any atom is 2.00 e. The van der Waals surface area contributed by atoms with E-state index in [2.05, 4.69) is 20.2 Å². The zero-order valence-corrected chi connectivity index (χ0v) is 15.6. The number of carboxylic acid groups (broad SMARTS) is 1. The molecule has 0 bridgehead atoms. The molecule has 0 aliphatic heterocycles. The van der Waals surface area contributed by atoms with Crippen molar-refractivity contribution >= 4 is 29.5 Å². The van der Waals surface area contributed by atoms with Crippen LogP contribution in [-0.4, -0.2) is 45.8 Å². The molecule has 7 nitrogen and oxygen atoms in total. The Morgan fingerprint density at radius 2 is 1.48 bits per heavy atom. The van der Waals surface area contributed by atoms with Gasteiger partial charge >= 0.3 is 17.1 Å². The zero-order chi connectivity index (χ0) is 17.9. The molecule has 2 aromatic rings. The average Bonchev–Trinajstić information content (AvgIpc) is 2.56. The number of rotatable bonds is 3. The smallest absolute Gasteiger partial charge is 0.741 e. The van der Waals surface area contributed by atoms with Crippen LogP contribution >= 0.6 is 0 Å². The first-order valence-corrected chi connectivity index (χ1v) is 7.33. The maximum absolute atomic E-state index is 8.89. The average molecular weight is 407 g/mol. The molecule has 0 aliphatic carbocycles. The second-order valence-electron chi connectivity index (χ2n) is 4.65. The molecule has 0 atom stereocenters. The summed E-state index contributed by atoms with van der Waals surface area (Å²) in [4.78, 5) is 19.2. The normalized spacial score (nSPS) is 9.80. The number of carbonyl (C=O) groups excluding carboxylic acids is 1. The van der Waals surface area contributed by atoms with Crippen LogP contribution in [0.3, 0.4) is 0 Å². The molecule has 2 heterocycles. The molecule has 0 N–H and O–H groups in total. The third kappa shape index (κ3) is 8.90. The number of nitrogens with zero attached hydrogens (tertiary/aromatic N) is 5. The first-order valence-electron chi connectivity index (χ1n) is 6.92. The molecule has 0 saturated carbocycles. The molecule has 0 aromatic carbocycles. The van der Waals surface area contributed by atoms with Crippen LogP contribution in [0.15, 0.2) is 59.0 Å². The van der Waals surface area contributed by atoms with Crippen molar-refractivity contribution in [1.82, 2.24) is 14.9 Å². The van der Waals surface area contributed by atoms with Gasteiger partial charge in [0.25, 0.3) is 0 Å². The van der Waals surface area contributed by atoms with Crippen molar-refractivity contribution < 1.29 is 27.0 Å². The number of hydrogen-bond acceptors (Lipinski definition) is 7. The number of pyridine rings is 2. The van der Waals surface area contributed by atoms with Gasteiger partial charge in [0.05, 0.1) is 11.4 Å². The van der Waals surface area contributed by atoms with E-state index in [1.54, 1.807) is 17.3 Å². The molecule has 0 amide bonds. The number of carbonyl (C=O) groups is 1. The van der Waals surface area contributed by atoms with Crippen molar-refractivity contribution in [3.8, 4) is 0 Å². The molecule has 0 saturated heterocycles. The van der Waals surface area contributed by atoms with E-state index in [-0.39, 0.29) is 17.1 Å². The topological polar surface area (TPSA) is 93.9 Å². The molecule has 1 radical (unpaired) electrons. The number of carboxylic acids is 1. The van der Waals surface area contributed by atoms with E-state index >= 15 is 0 Å². The van der Waals surface area contributed by atoms with Gasteiger partial charge in [0, 0.05) is 37.6 Å². The van der Waals surface area contributed by atoms with Crippen LogP contribution in [0.2, 0.25) is 0 Å². The van der Waals surface area contributed by atoms with E-state index in [1.807, 2.05) is 50.5 Å². The van der Waals surface area contributed by atoms with Crippen LogP contribution in [0.5, 0.6) is 0 Å². The van der Waals surface area contributed by atoms with Crippen LogP contribution in [0.25, 0.3) is 0 Å². The van der Waals surface area contributed by atoms with E-state index in [9.17, 15) is 0 Å². The van der Waals surface area contributed by atoms with Gasteiger partial charge in [0.15, 0.2) is 0 Å². The summed E-state index contributed by atoms with van der Waals surface area (Å²) in [6.07, 6.45) is 3.41. The minimum Gasteiger partial charge on any atom is -0.741 e. The third-order valence-electron chi connectivity index (χ3n) is 2.43. The Kier molecular flexibility index (Phi) is 10.9. The Balaban J connectivity index is 0.00000104. The Labute approximate surface area is 162 Å². The van der Waals surface area contributed by atoms with Gasteiger partial charge < -0.3 is 27.4 Å². The first-order chi connectivity index (χ1) is 11.4. The summed E-state index contributed by atoms with van der Waals surface area (Å²) in [6.45, 7) is 0.972.